The second-order valence-corrected chi connectivity index (χ2v) is 7.52. The van der Waals surface area contributed by atoms with Crippen molar-refractivity contribution in [3.63, 3.8) is 0 Å². The van der Waals surface area contributed by atoms with Gasteiger partial charge in [-0.2, -0.15) is 0 Å². The topological polar surface area (TPSA) is 0 Å². The second kappa shape index (κ2) is 5.77. The lowest BCUT2D eigenvalue weighted by Gasteiger charge is -2.17. The fourth-order valence-corrected chi connectivity index (χ4v) is 4.75. The Hall–Kier alpha value is -3.45. The highest BCUT2D eigenvalue weighted by molar-refractivity contribution is 6.00. The standard InChI is InChI=1S/C27H17F/c28-20-12-13-24-26(16-20)21-9-3-4-10-22(21)27(24)23-11-5-8-19-14-17-6-1-2-7-18(17)15-25(19)23/h1-16,27H. The molecule has 0 aliphatic heterocycles. The van der Waals surface area contributed by atoms with E-state index in [1.807, 2.05) is 12.1 Å². The van der Waals surface area contributed by atoms with Gasteiger partial charge in [-0.25, -0.2) is 4.39 Å². The van der Waals surface area contributed by atoms with Gasteiger partial charge in [0.2, 0.25) is 0 Å². The van der Waals surface area contributed by atoms with E-state index in [-0.39, 0.29) is 11.7 Å². The summed E-state index contributed by atoms with van der Waals surface area (Å²) in [5.41, 5.74) is 5.87. The summed E-state index contributed by atoms with van der Waals surface area (Å²) in [6.45, 7) is 0. The third-order valence-corrected chi connectivity index (χ3v) is 5.98. The number of hydrogen-bond donors (Lipinski definition) is 0. The van der Waals surface area contributed by atoms with Crippen LogP contribution >= 0.6 is 0 Å². The predicted molar refractivity (Wildman–Crippen MR) is 114 cm³/mol. The molecule has 1 atom stereocenters. The minimum Gasteiger partial charge on any atom is -0.207 e. The van der Waals surface area contributed by atoms with Crippen LogP contribution in [0.15, 0.2) is 97.1 Å². The van der Waals surface area contributed by atoms with Crippen molar-refractivity contribution >= 4 is 21.5 Å². The first-order valence-electron chi connectivity index (χ1n) is 9.60. The molecule has 0 fully saturated rings. The zero-order valence-electron chi connectivity index (χ0n) is 15.2. The number of benzene rings is 5. The van der Waals surface area contributed by atoms with Gasteiger partial charge in [-0.3, -0.25) is 0 Å². The van der Waals surface area contributed by atoms with Crippen molar-refractivity contribution in [2.75, 3.05) is 0 Å². The molecule has 0 N–H and O–H groups in total. The average Bonchev–Trinajstić information content (AvgIpc) is 3.05. The lowest BCUT2D eigenvalue weighted by atomic mass is 9.85. The Morgan fingerprint density at radius 2 is 1.18 bits per heavy atom. The Labute approximate surface area is 162 Å². The summed E-state index contributed by atoms with van der Waals surface area (Å²) in [7, 11) is 0. The molecule has 0 amide bonds. The molecule has 1 aliphatic rings. The largest absolute Gasteiger partial charge is 0.207 e. The first kappa shape index (κ1) is 15.6. The summed E-state index contributed by atoms with van der Waals surface area (Å²) in [4.78, 5) is 0. The van der Waals surface area contributed by atoms with E-state index >= 15 is 0 Å². The lowest BCUT2D eigenvalue weighted by molar-refractivity contribution is 0.628. The molecule has 0 saturated carbocycles. The zero-order valence-corrected chi connectivity index (χ0v) is 15.2. The van der Waals surface area contributed by atoms with Gasteiger partial charge in [0.15, 0.2) is 0 Å². The van der Waals surface area contributed by atoms with Crippen LogP contribution in [0.3, 0.4) is 0 Å². The zero-order chi connectivity index (χ0) is 18.7. The molecule has 0 saturated heterocycles. The minimum absolute atomic E-state index is 0.122. The van der Waals surface area contributed by atoms with E-state index in [1.165, 1.54) is 38.2 Å². The minimum atomic E-state index is -0.182. The van der Waals surface area contributed by atoms with Crippen molar-refractivity contribution < 1.29 is 4.39 Å². The summed E-state index contributed by atoms with van der Waals surface area (Å²) >= 11 is 0. The highest BCUT2D eigenvalue weighted by Crippen LogP contribution is 2.49. The summed E-state index contributed by atoms with van der Waals surface area (Å²) in [5.74, 6) is -0.0604. The Balaban J connectivity index is 1.69. The highest BCUT2D eigenvalue weighted by Gasteiger charge is 2.30. The molecule has 0 nitrogen and oxygen atoms in total. The fourth-order valence-electron chi connectivity index (χ4n) is 4.75. The van der Waals surface area contributed by atoms with Gasteiger partial charge in [-0.1, -0.05) is 72.8 Å². The van der Waals surface area contributed by atoms with Crippen molar-refractivity contribution in [2.24, 2.45) is 0 Å². The third kappa shape index (κ3) is 2.16. The van der Waals surface area contributed by atoms with Crippen LogP contribution in [0.25, 0.3) is 32.7 Å². The molecule has 5 aromatic carbocycles. The van der Waals surface area contributed by atoms with Crippen molar-refractivity contribution in [3.8, 4) is 11.1 Å². The normalized spacial score (nSPS) is 15.0. The van der Waals surface area contributed by atoms with E-state index in [9.17, 15) is 4.39 Å². The summed E-state index contributed by atoms with van der Waals surface area (Å²) in [5, 5.41) is 5.00. The van der Waals surface area contributed by atoms with Gasteiger partial charge >= 0.3 is 0 Å². The smallest absolute Gasteiger partial charge is 0.123 e. The molecular formula is C27H17F. The van der Waals surface area contributed by atoms with Crippen LogP contribution in [-0.2, 0) is 0 Å². The van der Waals surface area contributed by atoms with E-state index in [0.29, 0.717) is 0 Å². The van der Waals surface area contributed by atoms with Gasteiger partial charge in [0.25, 0.3) is 0 Å². The van der Waals surface area contributed by atoms with Crippen LogP contribution in [-0.4, -0.2) is 0 Å². The number of fused-ring (bicyclic) bond motifs is 5. The number of halogens is 1. The quantitative estimate of drug-likeness (QED) is 0.270. The molecule has 0 radical (unpaired) electrons. The van der Waals surface area contributed by atoms with E-state index in [4.69, 9.17) is 0 Å². The van der Waals surface area contributed by atoms with Crippen molar-refractivity contribution in [1.29, 1.82) is 0 Å². The predicted octanol–water partition coefficient (Wildman–Crippen LogP) is 7.29. The van der Waals surface area contributed by atoms with Crippen molar-refractivity contribution in [2.45, 2.75) is 5.92 Å². The molecule has 1 aliphatic carbocycles. The maximum atomic E-state index is 14.0. The molecule has 0 heterocycles. The molecule has 0 aromatic heterocycles. The van der Waals surface area contributed by atoms with Crippen molar-refractivity contribution in [3.05, 3.63) is 120 Å². The van der Waals surface area contributed by atoms with Crippen LogP contribution in [0, 0.1) is 5.82 Å². The van der Waals surface area contributed by atoms with Gasteiger partial charge in [0, 0.05) is 5.92 Å². The van der Waals surface area contributed by atoms with E-state index < -0.39 is 0 Å². The van der Waals surface area contributed by atoms with Crippen LogP contribution in [0.4, 0.5) is 4.39 Å². The van der Waals surface area contributed by atoms with Crippen LogP contribution in [0.1, 0.15) is 22.6 Å². The van der Waals surface area contributed by atoms with Crippen LogP contribution in [0.5, 0.6) is 0 Å². The van der Waals surface area contributed by atoms with Gasteiger partial charge in [0.1, 0.15) is 5.82 Å². The molecule has 1 heteroatoms. The lowest BCUT2D eigenvalue weighted by Crippen LogP contribution is -2.00. The second-order valence-electron chi connectivity index (χ2n) is 7.52. The molecule has 6 rings (SSSR count). The first-order valence-corrected chi connectivity index (χ1v) is 9.60. The van der Waals surface area contributed by atoms with Gasteiger partial charge in [-0.05, 0) is 73.6 Å². The fraction of sp³-hybridized carbons (Fsp3) is 0.0370. The highest BCUT2D eigenvalue weighted by atomic mass is 19.1. The third-order valence-electron chi connectivity index (χ3n) is 5.98. The van der Waals surface area contributed by atoms with Gasteiger partial charge in [-0.15, -0.1) is 0 Å². The maximum Gasteiger partial charge on any atom is 0.123 e. The molecule has 5 aromatic rings. The molecule has 132 valence electrons. The molecule has 0 bridgehead atoms. The Morgan fingerprint density at radius 3 is 2.07 bits per heavy atom. The number of hydrogen-bond acceptors (Lipinski definition) is 0. The Morgan fingerprint density at radius 1 is 0.500 bits per heavy atom. The Bertz CT molecular complexity index is 1380. The van der Waals surface area contributed by atoms with E-state index in [1.54, 1.807) is 12.1 Å². The van der Waals surface area contributed by atoms with Crippen LogP contribution < -0.4 is 0 Å². The molecule has 1 unspecified atom stereocenters. The monoisotopic (exact) mass is 360 g/mol. The summed E-state index contributed by atoms with van der Waals surface area (Å²) in [6.07, 6.45) is 0. The molecular weight excluding hydrogens is 343 g/mol. The van der Waals surface area contributed by atoms with Gasteiger partial charge in [0.05, 0.1) is 0 Å². The molecule has 0 spiro atoms. The maximum absolute atomic E-state index is 14.0. The Kier molecular flexibility index (Phi) is 3.21. The van der Waals surface area contributed by atoms with E-state index in [0.717, 1.165) is 11.1 Å². The summed E-state index contributed by atoms with van der Waals surface area (Å²) in [6, 6.07) is 33.2. The SMILES string of the molecule is Fc1ccc2c(c1)-c1ccccc1C2c1cccc2cc3ccccc3cc12. The summed E-state index contributed by atoms with van der Waals surface area (Å²) < 4.78 is 14.0. The molecule has 28 heavy (non-hydrogen) atoms. The van der Waals surface area contributed by atoms with Gasteiger partial charge < -0.3 is 0 Å². The van der Waals surface area contributed by atoms with Crippen LogP contribution in [0.2, 0.25) is 0 Å². The average molecular weight is 360 g/mol. The van der Waals surface area contributed by atoms with Crippen molar-refractivity contribution in [1.82, 2.24) is 0 Å². The van der Waals surface area contributed by atoms with E-state index in [2.05, 4.69) is 72.8 Å². The number of rotatable bonds is 1. The first-order chi connectivity index (χ1) is 13.8.